The lowest BCUT2D eigenvalue weighted by atomic mass is 10.0. The van der Waals surface area contributed by atoms with Crippen LogP contribution in [0.3, 0.4) is 0 Å². The van der Waals surface area contributed by atoms with Gasteiger partial charge in [-0.25, -0.2) is 0 Å². The molecule has 1 rings (SSSR count). The summed E-state index contributed by atoms with van der Waals surface area (Å²) in [7, 11) is 0. The Labute approximate surface area is 91.9 Å². The summed E-state index contributed by atoms with van der Waals surface area (Å²) in [5, 5.41) is 15.0. The second kappa shape index (κ2) is 5.95. The average molecular weight is 213 g/mol. The Morgan fingerprint density at radius 3 is 2.73 bits per heavy atom. The minimum Gasteiger partial charge on any atom is -0.409 e. The molecule has 0 aromatic carbocycles. The maximum Gasteiger partial charge on any atom is 0.139 e. The summed E-state index contributed by atoms with van der Waals surface area (Å²) in [6.45, 7) is 4.31. The fourth-order valence-corrected chi connectivity index (χ4v) is 1.87. The number of nitrogens with one attached hydrogen (secondary N) is 1. The third-order valence-electron chi connectivity index (χ3n) is 3.10. The summed E-state index contributed by atoms with van der Waals surface area (Å²) >= 11 is 0. The molecule has 0 aromatic heterocycles. The van der Waals surface area contributed by atoms with Gasteiger partial charge in [-0.2, -0.15) is 0 Å². The van der Waals surface area contributed by atoms with Gasteiger partial charge >= 0.3 is 0 Å². The predicted octanol–water partition coefficient (Wildman–Crippen LogP) is 1.68. The van der Waals surface area contributed by atoms with Crippen LogP contribution >= 0.6 is 0 Å². The molecule has 0 aromatic rings. The van der Waals surface area contributed by atoms with Crippen LogP contribution in [-0.4, -0.2) is 24.1 Å². The first-order valence-electron chi connectivity index (χ1n) is 5.89. The summed E-state index contributed by atoms with van der Waals surface area (Å²) < 4.78 is 0. The van der Waals surface area contributed by atoms with E-state index in [1.54, 1.807) is 0 Å². The Morgan fingerprint density at radius 1 is 1.47 bits per heavy atom. The highest BCUT2D eigenvalue weighted by Crippen LogP contribution is 2.48. The Kier molecular flexibility index (Phi) is 4.88. The molecular formula is C11H23N3O. The van der Waals surface area contributed by atoms with Gasteiger partial charge in [-0.15, -0.1) is 0 Å². The van der Waals surface area contributed by atoms with Crippen LogP contribution in [-0.2, 0) is 0 Å². The van der Waals surface area contributed by atoms with Crippen LogP contribution in [0.1, 0.15) is 45.4 Å². The van der Waals surface area contributed by atoms with Crippen LogP contribution in [0.5, 0.6) is 0 Å². The van der Waals surface area contributed by atoms with Crippen molar-refractivity contribution in [3.05, 3.63) is 0 Å². The molecule has 0 aliphatic heterocycles. The Bertz CT molecular complexity index is 212. The highest BCUT2D eigenvalue weighted by Gasteiger charge is 2.42. The second-order valence-electron chi connectivity index (χ2n) is 4.65. The molecule has 0 unspecified atom stereocenters. The zero-order chi connectivity index (χ0) is 11.1. The number of hydrogen-bond acceptors (Lipinski definition) is 3. The van der Waals surface area contributed by atoms with Crippen LogP contribution in [0.2, 0.25) is 0 Å². The minimum atomic E-state index is 0.294. The van der Waals surface area contributed by atoms with E-state index in [1.165, 1.54) is 32.1 Å². The summed E-state index contributed by atoms with van der Waals surface area (Å²) in [5.41, 5.74) is 5.82. The van der Waals surface area contributed by atoms with Gasteiger partial charge in [0.2, 0.25) is 0 Å². The number of unbranched alkanes of at least 4 members (excludes halogenated alkanes) is 2. The van der Waals surface area contributed by atoms with E-state index in [0.717, 1.165) is 19.5 Å². The first-order chi connectivity index (χ1) is 7.22. The van der Waals surface area contributed by atoms with E-state index >= 15 is 0 Å². The average Bonchev–Trinajstić information content (AvgIpc) is 2.98. The summed E-state index contributed by atoms with van der Waals surface area (Å²) in [4.78, 5) is 0. The Morgan fingerprint density at radius 2 is 2.20 bits per heavy atom. The lowest BCUT2D eigenvalue weighted by Gasteiger charge is -2.14. The third kappa shape index (κ3) is 4.51. The number of rotatable bonds is 8. The van der Waals surface area contributed by atoms with Gasteiger partial charge in [0, 0.05) is 13.0 Å². The number of nitrogens with two attached hydrogens (primary N) is 1. The maximum absolute atomic E-state index is 8.51. The van der Waals surface area contributed by atoms with Gasteiger partial charge in [0.1, 0.15) is 5.84 Å². The number of nitrogens with zero attached hydrogens (tertiary/aromatic N) is 1. The monoisotopic (exact) mass is 213 g/mol. The molecule has 4 heteroatoms. The van der Waals surface area contributed by atoms with E-state index in [9.17, 15) is 0 Å². The Balaban J connectivity index is 2.09. The van der Waals surface area contributed by atoms with Gasteiger partial charge in [0.15, 0.2) is 0 Å². The first kappa shape index (κ1) is 12.3. The number of amidine groups is 1. The molecule has 0 radical (unpaired) electrons. The molecule has 1 aliphatic carbocycles. The molecule has 0 spiro atoms. The lowest BCUT2D eigenvalue weighted by Crippen LogP contribution is -2.29. The van der Waals surface area contributed by atoms with Gasteiger partial charge in [0.25, 0.3) is 0 Å². The molecule has 0 heterocycles. The van der Waals surface area contributed by atoms with Crippen molar-refractivity contribution in [2.45, 2.75) is 45.4 Å². The van der Waals surface area contributed by atoms with Crippen LogP contribution < -0.4 is 11.1 Å². The molecule has 1 aliphatic rings. The van der Waals surface area contributed by atoms with Crippen molar-refractivity contribution >= 4 is 5.84 Å². The summed E-state index contributed by atoms with van der Waals surface area (Å²) in [6, 6.07) is 0. The van der Waals surface area contributed by atoms with Crippen LogP contribution in [0.25, 0.3) is 0 Å². The van der Waals surface area contributed by atoms with Gasteiger partial charge in [-0.1, -0.05) is 24.9 Å². The van der Waals surface area contributed by atoms with Crippen LogP contribution in [0.15, 0.2) is 5.16 Å². The minimum absolute atomic E-state index is 0.294. The fourth-order valence-electron chi connectivity index (χ4n) is 1.87. The molecule has 88 valence electrons. The van der Waals surface area contributed by atoms with Gasteiger partial charge in [0.05, 0.1) is 0 Å². The highest BCUT2D eigenvalue weighted by molar-refractivity contribution is 5.80. The molecule has 1 fully saturated rings. The van der Waals surface area contributed by atoms with Gasteiger partial charge in [-0.3, -0.25) is 0 Å². The standard InChI is InChI=1S/C11H23N3O/c1-2-3-4-7-13-9-11(5-6-11)8-10(12)14-15/h13,15H,2-9H2,1H3,(H2,12,14). The molecule has 1 saturated carbocycles. The molecule has 0 atom stereocenters. The number of oxime groups is 1. The van der Waals surface area contributed by atoms with E-state index in [1.807, 2.05) is 0 Å². The zero-order valence-electron chi connectivity index (χ0n) is 9.63. The molecule has 0 bridgehead atoms. The van der Waals surface area contributed by atoms with Crippen molar-refractivity contribution in [2.24, 2.45) is 16.3 Å². The molecular weight excluding hydrogens is 190 g/mol. The highest BCUT2D eigenvalue weighted by atomic mass is 16.4. The van der Waals surface area contributed by atoms with Crippen LogP contribution in [0.4, 0.5) is 0 Å². The van der Waals surface area contributed by atoms with Crippen LogP contribution in [0, 0.1) is 5.41 Å². The van der Waals surface area contributed by atoms with E-state index in [4.69, 9.17) is 10.9 Å². The summed E-state index contributed by atoms with van der Waals surface area (Å²) in [5.74, 6) is 0.364. The van der Waals surface area contributed by atoms with Crippen molar-refractivity contribution in [3.8, 4) is 0 Å². The maximum atomic E-state index is 8.51. The third-order valence-corrected chi connectivity index (χ3v) is 3.10. The predicted molar refractivity (Wildman–Crippen MR) is 62.1 cm³/mol. The van der Waals surface area contributed by atoms with Crippen molar-refractivity contribution in [1.29, 1.82) is 0 Å². The van der Waals surface area contributed by atoms with E-state index in [-0.39, 0.29) is 0 Å². The quantitative estimate of drug-likeness (QED) is 0.189. The molecule has 0 amide bonds. The smallest absolute Gasteiger partial charge is 0.139 e. The molecule has 0 saturated heterocycles. The largest absolute Gasteiger partial charge is 0.409 e. The van der Waals surface area contributed by atoms with Gasteiger partial charge in [-0.05, 0) is 31.2 Å². The van der Waals surface area contributed by atoms with E-state index in [2.05, 4.69) is 17.4 Å². The van der Waals surface area contributed by atoms with Crippen molar-refractivity contribution < 1.29 is 5.21 Å². The molecule has 4 N–H and O–H groups in total. The number of hydrogen-bond donors (Lipinski definition) is 3. The topological polar surface area (TPSA) is 70.6 Å². The lowest BCUT2D eigenvalue weighted by molar-refractivity contribution is 0.314. The molecule has 15 heavy (non-hydrogen) atoms. The van der Waals surface area contributed by atoms with E-state index in [0.29, 0.717) is 11.3 Å². The van der Waals surface area contributed by atoms with Crippen molar-refractivity contribution in [2.75, 3.05) is 13.1 Å². The summed E-state index contributed by atoms with van der Waals surface area (Å²) in [6.07, 6.45) is 6.92. The fraction of sp³-hybridized carbons (Fsp3) is 0.909. The first-order valence-corrected chi connectivity index (χ1v) is 5.89. The SMILES string of the molecule is CCCCCNCC1(CC(N)=NO)CC1. The second-order valence-corrected chi connectivity index (χ2v) is 4.65. The Hall–Kier alpha value is -0.770. The normalized spacial score (nSPS) is 19.1. The van der Waals surface area contributed by atoms with E-state index < -0.39 is 0 Å². The van der Waals surface area contributed by atoms with Crippen molar-refractivity contribution in [1.82, 2.24) is 5.32 Å². The van der Waals surface area contributed by atoms with Crippen molar-refractivity contribution in [3.63, 3.8) is 0 Å². The molecule has 4 nitrogen and oxygen atoms in total. The van der Waals surface area contributed by atoms with Gasteiger partial charge < -0.3 is 16.3 Å². The zero-order valence-corrected chi connectivity index (χ0v) is 9.63.